The first-order chi connectivity index (χ1) is 12.3. The van der Waals surface area contributed by atoms with Crippen molar-refractivity contribution in [2.24, 2.45) is 0 Å². The summed E-state index contributed by atoms with van der Waals surface area (Å²) in [5.41, 5.74) is 0.334. The van der Waals surface area contributed by atoms with Gasteiger partial charge in [0.25, 0.3) is 5.89 Å². The fourth-order valence-corrected chi connectivity index (χ4v) is 2.93. The van der Waals surface area contributed by atoms with Gasteiger partial charge in [0.2, 0.25) is 5.89 Å². The Morgan fingerprint density at radius 2 is 1.76 bits per heavy atom. The molecule has 1 fully saturated rings. The molecule has 4 rings (SSSR count). The maximum absolute atomic E-state index is 13.8. The van der Waals surface area contributed by atoms with Crippen molar-refractivity contribution in [1.29, 1.82) is 0 Å². The largest absolute Gasteiger partial charge is 0.419 e. The standard InChI is InChI=1S/C18H18FN5O/c19-15-6-2-1-5-14(15)18-22-21-17(25-18)13-23-9-11-24(12-10-23)16-7-3-4-8-20-16/h1-8H,9-13H2. The lowest BCUT2D eigenvalue weighted by Crippen LogP contribution is -2.46. The van der Waals surface area contributed by atoms with Crippen molar-refractivity contribution < 1.29 is 8.81 Å². The second-order valence-electron chi connectivity index (χ2n) is 5.93. The number of hydrogen-bond donors (Lipinski definition) is 0. The molecule has 2 aromatic heterocycles. The van der Waals surface area contributed by atoms with Crippen molar-refractivity contribution in [2.75, 3.05) is 31.1 Å². The van der Waals surface area contributed by atoms with Gasteiger partial charge < -0.3 is 9.32 Å². The van der Waals surface area contributed by atoms with Crippen LogP contribution >= 0.6 is 0 Å². The third-order valence-electron chi connectivity index (χ3n) is 4.28. The van der Waals surface area contributed by atoms with Gasteiger partial charge in [-0.15, -0.1) is 10.2 Å². The molecule has 0 unspecified atom stereocenters. The lowest BCUT2D eigenvalue weighted by Gasteiger charge is -2.34. The van der Waals surface area contributed by atoms with E-state index in [4.69, 9.17) is 4.42 Å². The Kier molecular flexibility index (Phi) is 4.39. The molecule has 25 heavy (non-hydrogen) atoms. The molecule has 1 aliphatic rings. The summed E-state index contributed by atoms with van der Waals surface area (Å²) in [5.74, 6) is 1.37. The molecule has 128 valence electrons. The van der Waals surface area contributed by atoms with Crippen molar-refractivity contribution >= 4 is 5.82 Å². The summed E-state index contributed by atoms with van der Waals surface area (Å²) >= 11 is 0. The van der Waals surface area contributed by atoms with Crippen LogP contribution in [0, 0.1) is 5.82 Å². The zero-order valence-corrected chi connectivity index (χ0v) is 13.7. The van der Waals surface area contributed by atoms with Crippen LogP contribution in [0.2, 0.25) is 0 Å². The van der Waals surface area contributed by atoms with Gasteiger partial charge >= 0.3 is 0 Å². The number of rotatable bonds is 4. The summed E-state index contributed by atoms with van der Waals surface area (Å²) in [5, 5.41) is 8.03. The molecule has 3 aromatic rings. The van der Waals surface area contributed by atoms with Crippen LogP contribution in [-0.4, -0.2) is 46.3 Å². The molecule has 0 N–H and O–H groups in total. The lowest BCUT2D eigenvalue weighted by molar-refractivity contribution is 0.226. The quantitative estimate of drug-likeness (QED) is 0.728. The first-order valence-electron chi connectivity index (χ1n) is 8.25. The number of hydrogen-bond acceptors (Lipinski definition) is 6. The van der Waals surface area contributed by atoms with E-state index in [0.717, 1.165) is 32.0 Å². The van der Waals surface area contributed by atoms with Gasteiger partial charge in [-0.1, -0.05) is 18.2 Å². The van der Waals surface area contributed by atoms with Crippen molar-refractivity contribution in [3.05, 3.63) is 60.4 Å². The first kappa shape index (κ1) is 15.7. The molecule has 1 aliphatic heterocycles. The minimum atomic E-state index is -0.360. The van der Waals surface area contributed by atoms with E-state index < -0.39 is 0 Å². The summed E-state index contributed by atoms with van der Waals surface area (Å²) in [6.07, 6.45) is 1.81. The second kappa shape index (κ2) is 6.98. The maximum Gasteiger partial charge on any atom is 0.250 e. The number of piperazine rings is 1. The third kappa shape index (κ3) is 3.51. The summed E-state index contributed by atoms with van der Waals surface area (Å²) in [6.45, 7) is 4.12. The molecular formula is C18H18FN5O. The molecule has 1 saturated heterocycles. The average Bonchev–Trinajstić information content (AvgIpc) is 3.12. The maximum atomic E-state index is 13.8. The van der Waals surface area contributed by atoms with E-state index in [1.165, 1.54) is 6.07 Å². The topological polar surface area (TPSA) is 58.3 Å². The number of pyridine rings is 1. The highest BCUT2D eigenvalue weighted by Crippen LogP contribution is 2.21. The van der Waals surface area contributed by atoms with Gasteiger partial charge in [0.15, 0.2) is 0 Å². The van der Waals surface area contributed by atoms with E-state index in [1.807, 2.05) is 24.4 Å². The van der Waals surface area contributed by atoms with E-state index >= 15 is 0 Å². The second-order valence-corrected chi connectivity index (χ2v) is 5.93. The minimum Gasteiger partial charge on any atom is -0.419 e. The molecule has 7 heteroatoms. The van der Waals surface area contributed by atoms with Crippen LogP contribution in [0.1, 0.15) is 5.89 Å². The minimum absolute atomic E-state index is 0.222. The molecule has 3 heterocycles. The van der Waals surface area contributed by atoms with E-state index in [1.54, 1.807) is 18.2 Å². The zero-order valence-electron chi connectivity index (χ0n) is 13.7. The summed E-state index contributed by atoms with van der Waals surface area (Å²) in [7, 11) is 0. The van der Waals surface area contributed by atoms with Crippen molar-refractivity contribution in [3.8, 4) is 11.5 Å². The Bertz CT molecular complexity index is 830. The molecule has 1 aromatic carbocycles. The number of nitrogens with zero attached hydrogens (tertiary/aromatic N) is 5. The van der Waals surface area contributed by atoms with Gasteiger partial charge in [0, 0.05) is 32.4 Å². The molecule has 0 atom stereocenters. The van der Waals surface area contributed by atoms with E-state index in [0.29, 0.717) is 18.0 Å². The van der Waals surface area contributed by atoms with Crippen LogP contribution in [-0.2, 0) is 6.54 Å². The van der Waals surface area contributed by atoms with Crippen LogP contribution in [0.4, 0.5) is 10.2 Å². The van der Waals surface area contributed by atoms with Gasteiger partial charge in [-0.2, -0.15) is 0 Å². The van der Waals surface area contributed by atoms with Crippen LogP contribution in [0.5, 0.6) is 0 Å². The van der Waals surface area contributed by atoms with Gasteiger partial charge in [0.1, 0.15) is 11.6 Å². The number of halogens is 1. The van der Waals surface area contributed by atoms with Gasteiger partial charge in [0.05, 0.1) is 12.1 Å². The highest BCUT2D eigenvalue weighted by molar-refractivity contribution is 5.53. The Labute approximate surface area is 144 Å². The highest BCUT2D eigenvalue weighted by atomic mass is 19.1. The average molecular weight is 339 g/mol. The molecule has 6 nitrogen and oxygen atoms in total. The molecule has 0 amide bonds. The Morgan fingerprint density at radius 1 is 0.960 bits per heavy atom. The van der Waals surface area contributed by atoms with Crippen LogP contribution in [0.15, 0.2) is 53.1 Å². The van der Waals surface area contributed by atoms with Crippen molar-refractivity contribution in [1.82, 2.24) is 20.1 Å². The highest BCUT2D eigenvalue weighted by Gasteiger charge is 2.20. The van der Waals surface area contributed by atoms with Gasteiger partial charge in [-0.05, 0) is 24.3 Å². The molecule has 0 bridgehead atoms. The number of anilines is 1. The predicted molar refractivity (Wildman–Crippen MR) is 91.4 cm³/mol. The van der Waals surface area contributed by atoms with E-state index in [-0.39, 0.29) is 11.7 Å². The summed E-state index contributed by atoms with van der Waals surface area (Å²) < 4.78 is 19.4. The van der Waals surface area contributed by atoms with E-state index in [9.17, 15) is 4.39 Å². The molecular weight excluding hydrogens is 321 g/mol. The zero-order chi connectivity index (χ0) is 17.1. The van der Waals surface area contributed by atoms with Crippen molar-refractivity contribution in [3.63, 3.8) is 0 Å². The Morgan fingerprint density at radius 3 is 2.52 bits per heavy atom. The first-order valence-corrected chi connectivity index (χ1v) is 8.25. The van der Waals surface area contributed by atoms with Gasteiger partial charge in [-0.25, -0.2) is 9.37 Å². The molecule has 0 spiro atoms. The Hall–Kier alpha value is -2.80. The normalized spacial score (nSPS) is 15.5. The summed E-state index contributed by atoms with van der Waals surface area (Å²) in [6, 6.07) is 12.3. The number of benzene rings is 1. The lowest BCUT2D eigenvalue weighted by atomic mass is 10.2. The summed E-state index contributed by atoms with van der Waals surface area (Å²) in [4.78, 5) is 8.89. The van der Waals surface area contributed by atoms with E-state index in [2.05, 4.69) is 25.0 Å². The molecule has 0 aliphatic carbocycles. The fourth-order valence-electron chi connectivity index (χ4n) is 2.93. The fraction of sp³-hybridized carbons (Fsp3) is 0.278. The SMILES string of the molecule is Fc1ccccc1-c1nnc(CN2CCN(c3ccccn3)CC2)o1. The monoisotopic (exact) mass is 339 g/mol. The molecule has 0 saturated carbocycles. The molecule has 0 radical (unpaired) electrons. The van der Waals surface area contributed by atoms with Crippen LogP contribution in [0.25, 0.3) is 11.5 Å². The van der Waals surface area contributed by atoms with Gasteiger partial charge in [-0.3, -0.25) is 4.90 Å². The third-order valence-corrected chi connectivity index (χ3v) is 4.28. The van der Waals surface area contributed by atoms with Crippen molar-refractivity contribution in [2.45, 2.75) is 6.54 Å². The number of aromatic nitrogens is 3. The van der Waals surface area contributed by atoms with Crippen LogP contribution < -0.4 is 4.90 Å². The Balaban J connectivity index is 1.37. The van der Waals surface area contributed by atoms with Crippen LogP contribution in [0.3, 0.4) is 0 Å². The predicted octanol–water partition coefficient (Wildman–Crippen LogP) is 2.59. The smallest absolute Gasteiger partial charge is 0.250 e.